The van der Waals surface area contributed by atoms with Gasteiger partial charge in [0.1, 0.15) is 0 Å². The van der Waals surface area contributed by atoms with Crippen molar-refractivity contribution in [1.82, 2.24) is 15.6 Å². The normalized spacial score (nSPS) is 14.1. The van der Waals surface area contributed by atoms with Crippen molar-refractivity contribution in [2.24, 2.45) is 0 Å². The number of nitrogens with one attached hydrogen (secondary N) is 2. The quantitative estimate of drug-likeness (QED) is 0.845. The Morgan fingerprint density at radius 2 is 2.10 bits per heavy atom. The maximum atomic E-state index is 12.2. The molecule has 2 aromatic rings. The van der Waals surface area contributed by atoms with Crippen LogP contribution in [-0.4, -0.2) is 23.2 Å². The topological polar surface area (TPSA) is 61.0 Å². The summed E-state index contributed by atoms with van der Waals surface area (Å²) in [6, 6.07) is 9.64. The van der Waals surface area contributed by atoms with Crippen LogP contribution in [0.2, 0.25) is 0 Å². The first-order valence-electron chi connectivity index (χ1n) is 6.50. The van der Waals surface area contributed by atoms with Crippen molar-refractivity contribution in [3.8, 4) is 0 Å². The molecule has 2 N–H and O–H groups in total. The number of hydrogen-bond acceptors (Lipinski definition) is 3. The molecule has 1 saturated carbocycles. The van der Waals surface area contributed by atoms with E-state index in [0.29, 0.717) is 11.6 Å². The third-order valence-electron chi connectivity index (χ3n) is 3.35. The molecular weight excluding hydrogens is 320 g/mol. The second kappa shape index (κ2) is 5.28. The number of amides is 1. The zero-order chi connectivity index (χ0) is 14.1. The summed E-state index contributed by atoms with van der Waals surface area (Å²) < 4.78 is 0.777. The fourth-order valence-electron chi connectivity index (χ4n) is 2.06. The van der Waals surface area contributed by atoms with Crippen LogP contribution in [0.4, 0.5) is 5.69 Å². The van der Waals surface area contributed by atoms with E-state index in [0.717, 1.165) is 28.7 Å². The third kappa shape index (κ3) is 2.56. The highest BCUT2D eigenvalue weighted by Gasteiger charge is 2.30. The van der Waals surface area contributed by atoms with E-state index < -0.39 is 0 Å². The first-order valence-corrected chi connectivity index (χ1v) is 7.29. The second-order valence-corrected chi connectivity index (χ2v) is 5.70. The molecule has 1 heterocycles. The lowest BCUT2D eigenvalue weighted by molar-refractivity contribution is 0.0945. The van der Waals surface area contributed by atoms with Crippen LogP contribution >= 0.6 is 15.9 Å². The van der Waals surface area contributed by atoms with Gasteiger partial charge < -0.3 is 0 Å². The van der Waals surface area contributed by atoms with E-state index in [2.05, 4.69) is 31.6 Å². The first kappa shape index (κ1) is 13.2. The predicted octanol–water partition coefficient (Wildman–Crippen LogP) is 2.83. The number of halogens is 1. The number of nitrogens with zero attached hydrogens (tertiary/aromatic N) is 2. The lowest BCUT2D eigenvalue weighted by atomic mass is 10.2. The largest absolute Gasteiger partial charge is 0.291 e. The fraction of sp³-hybridized carbons (Fsp3) is 0.286. The molecule has 0 unspecified atom stereocenters. The van der Waals surface area contributed by atoms with Gasteiger partial charge in [0.2, 0.25) is 0 Å². The molecule has 1 aromatic heterocycles. The van der Waals surface area contributed by atoms with Crippen LogP contribution in [0, 0.1) is 0 Å². The molecule has 5 nitrogen and oxygen atoms in total. The molecule has 6 heteroatoms. The molecule has 0 saturated heterocycles. The Kier molecular flexibility index (Phi) is 3.48. The van der Waals surface area contributed by atoms with E-state index >= 15 is 0 Å². The molecule has 1 aromatic carbocycles. The maximum Gasteiger partial charge on any atom is 0.291 e. The summed E-state index contributed by atoms with van der Waals surface area (Å²) in [5, 5.41) is 8.75. The Hall–Kier alpha value is -1.82. The summed E-state index contributed by atoms with van der Waals surface area (Å²) >= 11 is 3.47. The van der Waals surface area contributed by atoms with Crippen molar-refractivity contribution in [1.29, 1.82) is 0 Å². The van der Waals surface area contributed by atoms with E-state index in [1.54, 1.807) is 12.1 Å². The minimum absolute atomic E-state index is 0.230. The van der Waals surface area contributed by atoms with Crippen molar-refractivity contribution >= 4 is 27.5 Å². The molecule has 0 atom stereocenters. The number of para-hydroxylation sites is 1. The average Bonchev–Trinajstić information content (AvgIpc) is 3.22. The SMILES string of the molecule is CN(NC(=O)c1n[nH]c(C2CC2)c1Br)c1ccccc1. The Morgan fingerprint density at radius 3 is 2.75 bits per heavy atom. The number of H-pyrrole nitrogens is 1. The minimum atomic E-state index is -0.230. The van der Waals surface area contributed by atoms with Gasteiger partial charge in [-0.15, -0.1) is 0 Å². The standard InChI is InChI=1S/C14H15BrN4O/c1-19(10-5-3-2-4-6-10)18-14(20)13-11(15)12(16-17-13)9-7-8-9/h2-6,9H,7-8H2,1H3,(H,16,17)(H,18,20). The van der Waals surface area contributed by atoms with Crippen LogP contribution in [0.5, 0.6) is 0 Å². The van der Waals surface area contributed by atoms with Gasteiger partial charge in [-0.1, -0.05) is 18.2 Å². The molecule has 0 radical (unpaired) electrons. The summed E-state index contributed by atoms with van der Waals surface area (Å²) in [5.74, 6) is 0.289. The number of carbonyl (C=O) groups is 1. The van der Waals surface area contributed by atoms with Crippen LogP contribution in [0.1, 0.15) is 34.9 Å². The van der Waals surface area contributed by atoms with Crippen LogP contribution in [0.25, 0.3) is 0 Å². The van der Waals surface area contributed by atoms with Gasteiger partial charge in [0.15, 0.2) is 5.69 Å². The summed E-state index contributed by atoms with van der Waals surface area (Å²) in [7, 11) is 1.80. The monoisotopic (exact) mass is 334 g/mol. The number of hydrogen-bond donors (Lipinski definition) is 2. The smallest absolute Gasteiger partial charge is 0.288 e. The molecule has 104 valence electrons. The van der Waals surface area contributed by atoms with Crippen LogP contribution < -0.4 is 10.4 Å². The van der Waals surface area contributed by atoms with Crippen LogP contribution in [0.15, 0.2) is 34.8 Å². The van der Waals surface area contributed by atoms with Gasteiger partial charge in [0.25, 0.3) is 5.91 Å². The van der Waals surface area contributed by atoms with E-state index in [9.17, 15) is 4.79 Å². The Bertz CT molecular complexity index is 621. The fourth-order valence-corrected chi connectivity index (χ4v) is 2.74. The molecule has 0 bridgehead atoms. The van der Waals surface area contributed by atoms with Crippen LogP contribution in [-0.2, 0) is 0 Å². The van der Waals surface area contributed by atoms with Gasteiger partial charge in [-0.05, 0) is 40.9 Å². The molecular formula is C14H15BrN4O. The average molecular weight is 335 g/mol. The van der Waals surface area contributed by atoms with Crippen molar-refractivity contribution in [3.05, 3.63) is 46.2 Å². The summed E-state index contributed by atoms with van der Waals surface area (Å²) in [5.41, 5.74) is 5.14. The van der Waals surface area contributed by atoms with Gasteiger partial charge in [0.05, 0.1) is 15.9 Å². The Balaban J connectivity index is 1.73. The highest BCUT2D eigenvalue weighted by molar-refractivity contribution is 9.10. The number of hydrazine groups is 1. The summed E-state index contributed by atoms with van der Waals surface area (Å²) in [6.45, 7) is 0. The summed E-state index contributed by atoms with van der Waals surface area (Å²) in [4.78, 5) is 12.2. The number of carbonyl (C=O) groups excluding carboxylic acids is 1. The molecule has 1 fully saturated rings. The van der Waals surface area contributed by atoms with E-state index in [1.807, 2.05) is 30.3 Å². The van der Waals surface area contributed by atoms with E-state index in [1.165, 1.54) is 0 Å². The number of benzene rings is 1. The molecule has 3 rings (SSSR count). The van der Waals surface area contributed by atoms with Gasteiger partial charge in [-0.2, -0.15) is 5.10 Å². The van der Waals surface area contributed by atoms with E-state index in [-0.39, 0.29) is 5.91 Å². The van der Waals surface area contributed by atoms with Crippen molar-refractivity contribution < 1.29 is 4.79 Å². The van der Waals surface area contributed by atoms with Gasteiger partial charge in [-0.25, -0.2) is 0 Å². The van der Waals surface area contributed by atoms with Crippen molar-refractivity contribution in [2.75, 3.05) is 12.1 Å². The number of aromatic amines is 1. The number of anilines is 1. The molecule has 1 amide bonds. The predicted molar refractivity (Wildman–Crippen MR) is 80.6 cm³/mol. The first-order chi connectivity index (χ1) is 9.66. The Morgan fingerprint density at radius 1 is 1.40 bits per heavy atom. The highest BCUT2D eigenvalue weighted by Crippen LogP contribution is 2.42. The van der Waals surface area contributed by atoms with Crippen molar-refractivity contribution in [2.45, 2.75) is 18.8 Å². The second-order valence-electron chi connectivity index (χ2n) is 4.91. The lowest BCUT2D eigenvalue weighted by Crippen LogP contribution is -2.39. The highest BCUT2D eigenvalue weighted by atomic mass is 79.9. The van der Waals surface area contributed by atoms with E-state index in [4.69, 9.17) is 0 Å². The summed E-state index contributed by atoms with van der Waals surface area (Å²) in [6.07, 6.45) is 2.32. The van der Waals surface area contributed by atoms with Crippen LogP contribution in [0.3, 0.4) is 0 Å². The maximum absolute atomic E-state index is 12.2. The minimum Gasteiger partial charge on any atom is -0.288 e. The van der Waals surface area contributed by atoms with Gasteiger partial charge in [0, 0.05) is 13.0 Å². The zero-order valence-corrected chi connectivity index (χ0v) is 12.6. The number of aromatic nitrogens is 2. The lowest BCUT2D eigenvalue weighted by Gasteiger charge is -2.19. The Labute approximate surface area is 125 Å². The zero-order valence-electron chi connectivity index (χ0n) is 11.1. The molecule has 0 spiro atoms. The van der Waals surface area contributed by atoms with Gasteiger partial charge >= 0.3 is 0 Å². The third-order valence-corrected chi connectivity index (χ3v) is 4.15. The molecule has 0 aliphatic heterocycles. The van der Waals surface area contributed by atoms with Crippen molar-refractivity contribution in [3.63, 3.8) is 0 Å². The number of rotatable bonds is 4. The molecule has 1 aliphatic carbocycles. The molecule has 20 heavy (non-hydrogen) atoms. The van der Waals surface area contributed by atoms with Gasteiger partial charge in [-0.3, -0.25) is 20.3 Å². The molecule has 1 aliphatic rings.